The van der Waals surface area contributed by atoms with E-state index in [1.165, 1.54) is 0 Å². The molecule has 1 fully saturated rings. The third-order valence-corrected chi connectivity index (χ3v) is 4.30. The van der Waals surface area contributed by atoms with E-state index in [-0.39, 0.29) is 16.9 Å². The molecule has 0 saturated heterocycles. The molecule has 0 radical (unpaired) electrons. The first-order valence-electron chi connectivity index (χ1n) is 7.63. The van der Waals surface area contributed by atoms with Crippen molar-refractivity contribution in [2.75, 3.05) is 20.3 Å². The maximum Gasteiger partial charge on any atom is 0.335 e. The molecule has 22 heavy (non-hydrogen) atoms. The summed E-state index contributed by atoms with van der Waals surface area (Å²) in [4.78, 5) is 22.7. The minimum absolute atomic E-state index is 0.0472. The molecule has 2 rings (SSSR count). The standard InChI is InChI=1S/C17H23NO4/c1-22-11-10-17(8-9-17)12-18-15(19)7-4-13-2-5-14(6-3-13)16(20)21/h2-3,5-6H,4,7-12H2,1H3,(H,18,19)(H,20,21). The molecule has 1 aromatic rings. The number of carbonyl (C=O) groups excluding carboxylic acids is 1. The van der Waals surface area contributed by atoms with Crippen molar-refractivity contribution in [1.82, 2.24) is 5.32 Å². The molecule has 1 saturated carbocycles. The summed E-state index contributed by atoms with van der Waals surface area (Å²) in [5.74, 6) is -0.888. The van der Waals surface area contributed by atoms with E-state index in [1.54, 1.807) is 31.4 Å². The molecular formula is C17H23NO4. The van der Waals surface area contributed by atoms with Crippen LogP contribution in [0, 0.1) is 5.41 Å². The number of rotatable bonds is 9. The van der Waals surface area contributed by atoms with Crippen LogP contribution in [0.2, 0.25) is 0 Å². The Morgan fingerprint density at radius 1 is 1.27 bits per heavy atom. The fourth-order valence-corrected chi connectivity index (χ4v) is 2.46. The number of aromatic carboxylic acids is 1. The maximum absolute atomic E-state index is 11.9. The molecule has 2 N–H and O–H groups in total. The molecule has 5 nitrogen and oxygen atoms in total. The van der Waals surface area contributed by atoms with Crippen molar-refractivity contribution in [2.45, 2.75) is 32.1 Å². The first-order valence-corrected chi connectivity index (χ1v) is 7.63. The van der Waals surface area contributed by atoms with Crippen molar-refractivity contribution in [2.24, 2.45) is 5.41 Å². The molecule has 120 valence electrons. The first-order chi connectivity index (χ1) is 10.5. The van der Waals surface area contributed by atoms with E-state index < -0.39 is 5.97 Å². The number of carbonyl (C=O) groups is 2. The number of hydrogen-bond acceptors (Lipinski definition) is 3. The van der Waals surface area contributed by atoms with Gasteiger partial charge in [-0.2, -0.15) is 0 Å². The zero-order valence-corrected chi connectivity index (χ0v) is 12.9. The summed E-state index contributed by atoms with van der Waals surface area (Å²) in [6.45, 7) is 1.47. The number of carboxylic acids is 1. The molecule has 1 aromatic carbocycles. The Labute approximate surface area is 130 Å². The summed E-state index contributed by atoms with van der Waals surface area (Å²) >= 11 is 0. The SMILES string of the molecule is COCCC1(CNC(=O)CCc2ccc(C(=O)O)cc2)CC1. The van der Waals surface area contributed by atoms with Gasteiger partial charge in [0.25, 0.3) is 0 Å². The highest BCUT2D eigenvalue weighted by molar-refractivity contribution is 5.87. The van der Waals surface area contributed by atoms with Gasteiger partial charge in [0.2, 0.25) is 5.91 Å². The Morgan fingerprint density at radius 2 is 1.95 bits per heavy atom. The smallest absolute Gasteiger partial charge is 0.335 e. The third kappa shape index (κ3) is 4.84. The number of carboxylic acid groups (broad SMARTS) is 1. The van der Waals surface area contributed by atoms with Gasteiger partial charge in [0.15, 0.2) is 0 Å². The average molecular weight is 305 g/mol. The maximum atomic E-state index is 11.9. The minimum Gasteiger partial charge on any atom is -0.478 e. The van der Waals surface area contributed by atoms with Gasteiger partial charge < -0.3 is 15.2 Å². The molecule has 0 unspecified atom stereocenters. The van der Waals surface area contributed by atoms with Crippen LogP contribution >= 0.6 is 0 Å². The zero-order chi connectivity index (χ0) is 16.0. The molecule has 0 aromatic heterocycles. The molecular weight excluding hydrogens is 282 g/mol. The van der Waals surface area contributed by atoms with E-state index in [0.717, 1.165) is 38.0 Å². The lowest BCUT2D eigenvalue weighted by Crippen LogP contribution is -2.30. The van der Waals surface area contributed by atoms with Gasteiger partial charge in [-0.3, -0.25) is 4.79 Å². The Balaban J connectivity index is 1.70. The van der Waals surface area contributed by atoms with Crippen LogP contribution in [0.15, 0.2) is 24.3 Å². The van der Waals surface area contributed by atoms with Gasteiger partial charge in [-0.25, -0.2) is 4.79 Å². The van der Waals surface area contributed by atoms with E-state index in [0.29, 0.717) is 12.8 Å². The van der Waals surface area contributed by atoms with Crippen LogP contribution in [-0.2, 0) is 16.0 Å². The van der Waals surface area contributed by atoms with Gasteiger partial charge in [0, 0.05) is 26.7 Å². The summed E-state index contributed by atoms with van der Waals surface area (Å²) in [7, 11) is 1.70. The molecule has 0 spiro atoms. The van der Waals surface area contributed by atoms with Crippen LogP contribution in [0.25, 0.3) is 0 Å². The Kier molecular flexibility index (Phi) is 5.55. The Hall–Kier alpha value is -1.88. The van der Waals surface area contributed by atoms with Gasteiger partial charge >= 0.3 is 5.97 Å². The minimum atomic E-state index is -0.935. The molecule has 0 atom stereocenters. The molecule has 0 bridgehead atoms. The lowest BCUT2D eigenvalue weighted by molar-refractivity contribution is -0.121. The molecule has 5 heteroatoms. The summed E-state index contributed by atoms with van der Waals surface area (Å²) in [6.07, 6.45) is 4.37. The molecule has 1 aliphatic rings. The Morgan fingerprint density at radius 3 is 2.50 bits per heavy atom. The highest BCUT2D eigenvalue weighted by atomic mass is 16.5. The van der Waals surface area contributed by atoms with Crippen LogP contribution in [-0.4, -0.2) is 37.2 Å². The van der Waals surface area contributed by atoms with Crippen LogP contribution in [0.1, 0.15) is 41.6 Å². The number of methoxy groups -OCH3 is 1. The number of hydrogen-bond donors (Lipinski definition) is 2. The lowest BCUT2D eigenvalue weighted by Gasteiger charge is -2.15. The largest absolute Gasteiger partial charge is 0.478 e. The van der Waals surface area contributed by atoms with Gasteiger partial charge in [-0.15, -0.1) is 0 Å². The summed E-state index contributed by atoms with van der Waals surface area (Å²) in [5.41, 5.74) is 1.50. The Bertz CT molecular complexity index is 520. The average Bonchev–Trinajstić information content (AvgIpc) is 3.30. The van der Waals surface area contributed by atoms with Crippen LogP contribution in [0.5, 0.6) is 0 Å². The lowest BCUT2D eigenvalue weighted by atomic mass is 10.0. The van der Waals surface area contributed by atoms with Gasteiger partial charge in [0.1, 0.15) is 0 Å². The number of ether oxygens (including phenoxy) is 1. The second-order valence-electron chi connectivity index (χ2n) is 6.02. The zero-order valence-electron chi connectivity index (χ0n) is 12.9. The fraction of sp³-hybridized carbons (Fsp3) is 0.529. The quantitative estimate of drug-likeness (QED) is 0.733. The van der Waals surface area contributed by atoms with Gasteiger partial charge in [-0.05, 0) is 48.8 Å². The van der Waals surface area contributed by atoms with Crippen molar-refractivity contribution < 1.29 is 19.4 Å². The van der Waals surface area contributed by atoms with E-state index in [4.69, 9.17) is 9.84 Å². The van der Waals surface area contributed by atoms with E-state index in [2.05, 4.69) is 5.32 Å². The van der Waals surface area contributed by atoms with E-state index in [1.807, 2.05) is 0 Å². The number of nitrogens with one attached hydrogen (secondary N) is 1. The number of benzene rings is 1. The van der Waals surface area contributed by atoms with Gasteiger partial charge in [0.05, 0.1) is 5.56 Å². The van der Waals surface area contributed by atoms with Crippen LogP contribution in [0.3, 0.4) is 0 Å². The fourth-order valence-electron chi connectivity index (χ4n) is 2.46. The number of amides is 1. The number of aryl methyl sites for hydroxylation is 1. The highest BCUT2D eigenvalue weighted by Crippen LogP contribution is 2.48. The molecule has 0 aliphatic heterocycles. The second-order valence-corrected chi connectivity index (χ2v) is 6.02. The van der Waals surface area contributed by atoms with Crippen molar-refractivity contribution in [3.63, 3.8) is 0 Å². The highest BCUT2D eigenvalue weighted by Gasteiger charge is 2.41. The molecule has 1 amide bonds. The van der Waals surface area contributed by atoms with Crippen LogP contribution < -0.4 is 5.32 Å². The van der Waals surface area contributed by atoms with Crippen LogP contribution in [0.4, 0.5) is 0 Å². The van der Waals surface area contributed by atoms with E-state index in [9.17, 15) is 9.59 Å². The summed E-state index contributed by atoms with van der Waals surface area (Å²) < 4.78 is 5.10. The first kappa shape index (κ1) is 16.5. The third-order valence-electron chi connectivity index (χ3n) is 4.30. The second kappa shape index (κ2) is 7.40. The molecule has 0 heterocycles. The normalized spacial score (nSPS) is 15.3. The summed E-state index contributed by atoms with van der Waals surface area (Å²) in [5, 5.41) is 11.8. The topological polar surface area (TPSA) is 75.6 Å². The molecule has 1 aliphatic carbocycles. The van der Waals surface area contributed by atoms with Gasteiger partial charge in [-0.1, -0.05) is 12.1 Å². The van der Waals surface area contributed by atoms with E-state index >= 15 is 0 Å². The van der Waals surface area contributed by atoms with Crippen molar-refractivity contribution in [1.29, 1.82) is 0 Å². The van der Waals surface area contributed by atoms with Crippen molar-refractivity contribution in [3.05, 3.63) is 35.4 Å². The summed E-state index contributed by atoms with van der Waals surface area (Å²) in [6, 6.07) is 6.66. The van der Waals surface area contributed by atoms with Crippen molar-refractivity contribution in [3.8, 4) is 0 Å². The predicted octanol–water partition coefficient (Wildman–Crippen LogP) is 2.25. The predicted molar refractivity (Wildman–Crippen MR) is 82.9 cm³/mol. The monoisotopic (exact) mass is 305 g/mol. The van der Waals surface area contributed by atoms with Crippen molar-refractivity contribution >= 4 is 11.9 Å².